The van der Waals surface area contributed by atoms with Crippen LogP contribution < -0.4 is 5.32 Å². The van der Waals surface area contributed by atoms with Crippen LogP contribution in [0, 0.1) is 0 Å². The van der Waals surface area contributed by atoms with E-state index in [4.69, 9.17) is 9.15 Å². The Morgan fingerprint density at radius 2 is 1.86 bits per heavy atom. The smallest absolute Gasteiger partial charge is 0.246 e. The molecule has 3 heterocycles. The number of morpholine rings is 1. The molecule has 2 aliphatic rings. The number of ether oxygens (including phenoxy) is 1. The van der Waals surface area contributed by atoms with Gasteiger partial charge in [-0.1, -0.05) is 48.5 Å². The van der Waals surface area contributed by atoms with Gasteiger partial charge in [0.05, 0.1) is 17.3 Å². The number of nitrogens with one attached hydrogen (secondary N) is 1. The van der Waals surface area contributed by atoms with Gasteiger partial charge < -0.3 is 14.5 Å². The first-order chi connectivity index (χ1) is 14.2. The first-order valence-corrected chi connectivity index (χ1v) is 9.93. The number of oxazole rings is 1. The summed E-state index contributed by atoms with van der Waals surface area (Å²) >= 11 is 0. The lowest BCUT2D eigenvalue weighted by molar-refractivity contribution is -0.152. The van der Waals surface area contributed by atoms with Crippen molar-refractivity contribution in [3.63, 3.8) is 0 Å². The second-order valence-electron chi connectivity index (χ2n) is 7.68. The Morgan fingerprint density at radius 1 is 1.10 bits per heavy atom. The fraction of sp³-hybridized carbons (Fsp3) is 0.304. The number of benzene rings is 2. The lowest BCUT2D eigenvalue weighted by atomic mass is 9.77. The summed E-state index contributed by atoms with van der Waals surface area (Å²) in [5.74, 6) is 0.583. The number of hydrogen-bond donors (Lipinski definition) is 1. The molecule has 0 aliphatic carbocycles. The van der Waals surface area contributed by atoms with Gasteiger partial charge in [0.2, 0.25) is 11.8 Å². The van der Waals surface area contributed by atoms with Gasteiger partial charge in [0.25, 0.3) is 0 Å². The van der Waals surface area contributed by atoms with E-state index in [2.05, 4.69) is 27.3 Å². The highest BCUT2D eigenvalue weighted by Crippen LogP contribution is 2.37. The van der Waals surface area contributed by atoms with Gasteiger partial charge in [-0.15, -0.1) is 0 Å². The SMILES string of the molecule is O=C1CO[C@@H]2CN(Cc3coc(-c4ccccc4)n3)CC[C@@]2(c2ccccc2)N1. The van der Waals surface area contributed by atoms with Crippen molar-refractivity contribution in [1.82, 2.24) is 15.2 Å². The maximum atomic E-state index is 12.1. The molecule has 2 fully saturated rings. The summed E-state index contributed by atoms with van der Waals surface area (Å²) in [6.07, 6.45) is 2.42. The molecular formula is C23H23N3O3. The number of fused-ring (bicyclic) bond motifs is 1. The van der Waals surface area contributed by atoms with Crippen molar-refractivity contribution >= 4 is 5.91 Å². The standard InChI is InChI=1S/C23H23N3O3/c27-21-16-28-20-14-26(12-11-23(20,25-21)18-9-5-2-6-10-18)13-19-15-29-22(24-19)17-7-3-1-4-8-17/h1-10,15,20H,11-14,16H2,(H,25,27)/t20-,23+/m1/s1. The number of rotatable bonds is 4. The highest BCUT2D eigenvalue weighted by Gasteiger charge is 2.49. The molecule has 3 aromatic rings. The van der Waals surface area contributed by atoms with E-state index in [1.54, 1.807) is 6.26 Å². The summed E-state index contributed by atoms with van der Waals surface area (Å²) in [6, 6.07) is 20.1. The first kappa shape index (κ1) is 18.1. The van der Waals surface area contributed by atoms with E-state index in [9.17, 15) is 4.79 Å². The summed E-state index contributed by atoms with van der Waals surface area (Å²) in [7, 11) is 0. The molecule has 29 heavy (non-hydrogen) atoms. The van der Waals surface area contributed by atoms with Gasteiger partial charge >= 0.3 is 0 Å². The number of likely N-dealkylation sites (tertiary alicyclic amines) is 1. The molecule has 0 unspecified atom stereocenters. The van der Waals surface area contributed by atoms with Gasteiger partial charge in [-0.25, -0.2) is 4.98 Å². The molecule has 1 aromatic heterocycles. The molecule has 148 valence electrons. The first-order valence-electron chi connectivity index (χ1n) is 9.93. The third kappa shape index (κ3) is 3.45. The average Bonchev–Trinajstić information content (AvgIpc) is 3.24. The zero-order chi connectivity index (χ0) is 19.7. The van der Waals surface area contributed by atoms with E-state index < -0.39 is 5.54 Å². The summed E-state index contributed by atoms with van der Waals surface area (Å²) in [4.78, 5) is 19.1. The van der Waals surface area contributed by atoms with Crippen LogP contribution in [0.25, 0.3) is 11.5 Å². The normalized spacial score (nSPS) is 24.7. The number of carbonyl (C=O) groups is 1. The molecule has 0 radical (unpaired) electrons. The van der Waals surface area contributed by atoms with Gasteiger partial charge in [0, 0.05) is 25.2 Å². The van der Waals surface area contributed by atoms with Gasteiger partial charge in [-0.2, -0.15) is 0 Å². The van der Waals surface area contributed by atoms with Crippen LogP contribution >= 0.6 is 0 Å². The van der Waals surface area contributed by atoms with Crippen LogP contribution in [0.5, 0.6) is 0 Å². The molecule has 5 rings (SSSR count). The third-order valence-electron chi connectivity index (χ3n) is 5.82. The van der Waals surface area contributed by atoms with E-state index >= 15 is 0 Å². The monoisotopic (exact) mass is 389 g/mol. The maximum absolute atomic E-state index is 12.1. The predicted octanol–water partition coefficient (Wildman–Crippen LogP) is 2.96. The third-order valence-corrected chi connectivity index (χ3v) is 5.82. The summed E-state index contributed by atoms with van der Waals surface area (Å²) < 4.78 is 11.7. The quantitative estimate of drug-likeness (QED) is 0.743. The topological polar surface area (TPSA) is 67.6 Å². The van der Waals surface area contributed by atoms with Crippen LogP contribution in [-0.4, -0.2) is 41.6 Å². The number of amides is 1. The predicted molar refractivity (Wildman–Crippen MR) is 108 cm³/mol. The molecule has 2 saturated heterocycles. The Labute approximate surface area is 169 Å². The summed E-state index contributed by atoms with van der Waals surface area (Å²) in [6.45, 7) is 2.36. The molecule has 0 spiro atoms. The van der Waals surface area contributed by atoms with Crippen LogP contribution in [-0.2, 0) is 21.6 Å². The van der Waals surface area contributed by atoms with E-state index in [1.165, 1.54) is 0 Å². The summed E-state index contributed by atoms with van der Waals surface area (Å²) in [5.41, 5.74) is 2.51. The van der Waals surface area contributed by atoms with E-state index in [0.29, 0.717) is 12.4 Å². The lowest BCUT2D eigenvalue weighted by Crippen LogP contribution is -2.66. The number of hydrogen-bond acceptors (Lipinski definition) is 5. The Kier molecular flexibility index (Phi) is 4.66. The Bertz CT molecular complexity index is 989. The molecular weight excluding hydrogens is 366 g/mol. The van der Waals surface area contributed by atoms with Crippen LogP contribution in [0.1, 0.15) is 17.7 Å². The average molecular weight is 389 g/mol. The molecule has 0 bridgehead atoms. The van der Waals surface area contributed by atoms with Crippen molar-refractivity contribution in [2.75, 3.05) is 19.7 Å². The van der Waals surface area contributed by atoms with Gasteiger partial charge in [-0.05, 0) is 24.1 Å². The molecule has 0 saturated carbocycles. The summed E-state index contributed by atoms with van der Waals surface area (Å²) in [5, 5.41) is 3.23. The second-order valence-corrected chi connectivity index (χ2v) is 7.68. The zero-order valence-corrected chi connectivity index (χ0v) is 16.1. The molecule has 1 amide bonds. The van der Waals surface area contributed by atoms with Crippen molar-refractivity contribution < 1.29 is 13.9 Å². The van der Waals surface area contributed by atoms with E-state index in [-0.39, 0.29) is 18.6 Å². The minimum Gasteiger partial charge on any atom is -0.444 e. The molecule has 2 atom stereocenters. The van der Waals surface area contributed by atoms with Crippen molar-refractivity contribution in [3.8, 4) is 11.5 Å². The minimum absolute atomic E-state index is 0.0532. The maximum Gasteiger partial charge on any atom is 0.246 e. The van der Waals surface area contributed by atoms with Crippen molar-refractivity contribution in [1.29, 1.82) is 0 Å². The Morgan fingerprint density at radius 3 is 2.66 bits per heavy atom. The molecule has 1 N–H and O–H groups in total. The van der Waals surface area contributed by atoms with E-state index in [1.807, 2.05) is 48.5 Å². The van der Waals surface area contributed by atoms with Gasteiger partial charge in [0.1, 0.15) is 12.9 Å². The van der Waals surface area contributed by atoms with Crippen LogP contribution in [0.3, 0.4) is 0 Å². The van der Waals surface area contributed by atoms with Crippen molar-refractivity contribution in [2.45, 2.75) is 24.6 Å². The molecule has 6 nitrogen and oxygen atoms in total. The highest BCUT2D eigenvalue weighted by molar-refractivity contribution is 5.79. The van der Waals surface area contributed by atoms with Crippen LogP contribution in [0.15, 0.2) is 71.3 Å². The number of nitrogens with zero attached hydrogens (tertiary/aromatic N) is 2. The van der Waals surface area contributed by atoms with Crippen molar-refractivity contribution in [2.24, 2.45) is 0 Å². The van der Waals surface area contributed by atoms with Crippen molar-refractivity contribution in [3.05, 3.63) is 78.2 Å². The van der Waals surface area contributed by atoms with E-state index in [0.717, 1.165) is 36.3 Å². The second kappa shape index (κ2) is 7.46. The Balaban J connectivity index is 1.33. The fourth-order valence-electron chi connectivity index (χ4n) is 4.38. The molecule has 2 aliphatic heterocycles. The van der Waals surface area contributed by atoms with Gasteiger partial charge in [-0.3, -0.25) is 9.69 Å². The fourth-order valence-corrected chi connectivity index (χ4v) is 4.38. The zero-order valence-electron chi connectivity index (χ0n) is 16.1. The van der Waals surface area contributed by atoms with Crippen LogP contribution in [0.2, 0.25) is 0 Å². The van der Waals surface area contributed by atoms with Crippen LogP contribution in [0.4, 0.5) is 0 Å². The highest BCUT2D eigenvalue weighted by atomic mass is 16.5. The molecule has 2 aromatic carbocycles. The minimum atomic E-state index is -0.466. The number of carbonyl (C=O) groups excluding carboxylic acids is 1. The molecule has 6 heteroatoms. The Hall–Kier alpha value is -2.96. The number of piperidine rings is 1. The van der Waals surface area contributed by atoms with Gasteiger partial charge in [0.15, 0.2) is 0 Å². The largest absolute Gasteiger partial charge is 0.444 e. The lowest BCUT2D eigenvalue weighted by Gasteiger charge is -2.50. The number of aromatic nitrogens is 1.